The van der Waals surface area contributed by atoms with Crippen molar-refractivity contribution in [3.05, 3.63) is 120 Å². The highest BCUT2D eigenvalue weighted by Gasteiger charge is 2.23. The highest BCUT2D eigenvalue weighted by atomic mass is 16.5. The molecule has 0 radical (unpaired) electrons. The Balaban J connectivity index is 1.45. The molecule has 170 valence electrons. The van der Waals surface area contributed by atoms with Gasteiger partial charge in [-0.25, -0.2) is 4.79 Å². The second-order valence-electron chi connectivity index (χ2n) is 8.00. The third-order valence-corrected chi connectivity index (χ3v) is 5.45. The fourth-order valence-electron chi connectivity index (χ4n) is 3.76. The predicted octanol–water partition coefficient (Wildman–Crippen LogP) is 5.41. The lowest BCUT2D eigenvalue weighted by Gasteiger charge is -2.26. The number of para-hydroxylation sites is 1. The number of rotatable bonds is 8. The zero-order valence-electron chi connectivity index (χ0n) is 19.0. The van der Waals surface area contributed by atoms with Gasteiger partial charge in [-0.2, -0.15) is 0 Å². The largest absolute Gasteiger partial charge is 0.449 e. The van der Waals surface area contributed by atoms with Gasteiger partial charge in [0.05, 0.1) is 5.52 Å². The zero-order chi connectivity index (χ0) is 23.8. The number of ether oxygens (including phenoxy) is 1. The SMILES string of the molecule is C[C@@H](OC(=O)/C=C\c1cccc2cccnc12)C(=O)N(Cc1ccccc1)Cc1ccccc1. The molecule has 0 aliphatic heterocycles. The van der Waals surface area contributed by atoms with Gasteiger partial charge in [-0.1, -0.05) is 84.9 Å². The van der Waals surface area contributed by atoms with Crippen molar-refractivity contribution < 1.29 is 14.3 Å². The van der Waals surface area contributed by atoms with E-state index < -0.39 is 12.1 Å². The molecule has 4 aromatic rings. The molecule has 0 saturated heterocycles. The first-order valence-electron chi connectivity index (χ1n) is 11.2. The van der Waals surface area contributed by atoms with Gasteiger partial charge < -0.3 is 9.64 Å². The Hall–Kier alpha value is -4.25. The van der Waals surface area contributed by atoms with Gasteiger partial charge in [-0.05, 0) is 30.2 Å². The van der Waals surface area contributed by atoms with Gasteiger partial charge in [0, 0.05) is 36.3 Å². The first kappa shape index (κ1) is 22.9. The Labute approximate surface area is 199 Å². The van der Waals surface area contributed by atoms with Crippen molar-refractivity contribution in [2.24, 2.45) is 0 Å². The van der Waals surface area contributed by atoms with Gasteiger partial charge in [-0.15, -0.1) is 0 Å². The molecule has 0 aliphatic rings. The van der Waals surface area contributed by atoms with Gasteiger partial charge in [-0.3, -0.25) is 9.78 Å². The number of hydrogen-bond donors (Lipinski definition) is 0. The smallest absolute Gasteiger partial charge is 0.331 e. The normalized spacial score (nSPS) is 11.9. The summed E-state index contributed by atoms with van der Waals surface area (Å²) in [5.74, 6) is -0.825. The molecule has 5 heteroatoms. The van der Waals surface area contributed by atoms with E-state index in [0.717, 1.165) is 27.6 Å². The zero-order valence-corrected chi connectivity index (χ0v) is 19.0. The topological polar surface area (TPSA) is 59.5 Å². The summed E-state index contributed by atoms with van der Waals surface area (Å²) in [4.78, 5) is 31.9. The Morgan fingerprint density at radius 2 is 1.47 bits per heavy atom. The van der Waals surface area contributed by atoms with Crippen LogP contribution in [0.25, 0.3) is 17.0 Å². The van der Waals surface area contributed by atoms with E-state index in [1.54, 1.807) is 24.1 Å². The number of aromatic nitrogens is 1. The molecule has 0 bridgehead atoms. The van der Waals surface area contributed by atoms with E-state index in [9.17, 15) is 9.59 Å². The van der Waals surface area contributed by atoms with Crippen molar-refractivity contribution in [1.82, 2.24) is 9.88 Å². The number of carbonyl (C=O) groups is 2. The van der Waals surface area contributed by atoms with E-state index in [4.69, 9.17) is 4.74 Å². The van der Waals surface area contributed by atoms with Crippen LogP contribution in [0.3, 0.4) is 0 Å². The first-order valence-corrected chi connectivity index (χ1v) is 11.2. The van der Waals surface area contributed by atoms with Crippen molar-refractivity contribution in [3.63, 3.8) is 0 Å². The molecule has 3 aromatic carbocycles. The number of amides is 1. The van der Waals surface area contributed by atoms with Gasteiger partial charge in [0.25, 0.3) is 5.91 Å². The van der Waals surface area contributed by atoms with Crippen LogP contribution in [0.2, 0.25) is 0 Å². The van der Waals surface area contributed by atoms with Gasteiger partial charge in [0.15, 0.2) is 6.10 Å². The molecule has 5 nitrogen and oxygen atoms in total. The van der Waals surface area contributed by atoms with E-state index >= 15 is 0 Å². The van der Waals surface area contributed by atoms with Crippen LogP contribution in [0.15, 0.2) is 103 Å². The Morgan fingerprint density at radius 3 is 2.12 bits per heavy atom. The Bertz CT molecular complexity index is 1240. The van der Waals surface area contributed by atoms with Crippen molar-refractivity contribution >= 4 is 28.9 Å². The molecule has 1 amide bonds. The molecular weight excluding hydrogens is 424 g/mol. The maximum Gasteiger partial charge on any atom is 0.331 e. The fraction of sp³-hybridized carbons (Fsp3) is 0.138. The lowest BCUT2D eigenvalue weighted by molar-refractivity contribution is -0.156. The minimum absolute atomic E-state index is 0.249. The van der Waals surface area contributed by atoms with Gasteiger partial charge in [0.1, 0.15) is 0 Å². The fourth-order valence-corrected chi connectivity index (χ4v) is 3.76. The molecule has 0 fully saturated rings. The van der Waals surface area contributed by atoms with Crippen LogP contribution < -0.4 is 0 Å². The average Bonchev–Trinajstić information content (AvgIpc) is 2.88. The summed E-state index contributed by atoms with van der Waals surface area (Å²) in [6.45, 7) is 2.46. The molecule has 0 saturated carbocycles. The van der Waals surface area contributed by atoms with E-state index in [0.29, 0.717) is 13.1 Å². The third-order valence-electron chi connectivity index (χ3n) is 5.45. The van der Waals surface area contributed by atoms with Gasteiger partial charge >= 0.3 is 5.97 Å². The average molecular weight is 451 g/mol. The summed E-state index contributed by atoms with van der Waals surface area (Å²) in [6, 6.07) is 29.1. The van der Waals surface area contributed by atoms with Crippen LogP contribution in [0, 0.1) is 0 Å². The van der Waals surface area contributed by atoms with E-state index in [1.807, 2.05) is 91.0 Å². The summed E-state index contributed by atoms with van der Waals surface area (Å²) < 4.78 is 5.46. The number of pyridine rings is 1. The molecular formula is C29H26N2O3. The number of nitrogens with zero attached hydrogens (tertiary/aromatic N) is 2. The van der Waals surface area contributed by atoms with Gasteiger partial charge in [0.2, 0.25) is 0 Å². The second kappa shape index (κ2) is 11.1. The summed E-state index contributed by atoms with van der Waals surface area (Å²) in [5.41, 5.74) is 3.63. The Morgan fingerprint density at radius 1 is 0.853 bits per heavy atom. The molecule has 1 atom stereocenters. The highest BCUT2D eigenvalue weighted by molar-refractivity contribution is 5.94. The summed E-state index contributed by atoms with van der Waals surface area (Å²) in [6.07, 6.45) is 3.80. The van der Waals surface area contributed by atoms with E-state index in [1.165, 1.54) is 6.08 Å². The molecule has 1 aromatic heterocycles. The van der Waals surface area contributed by atoms with Crippen LogP contribution in [-0.2, 0) is 27.4 Å². The van der Waals surface area contributed by atoms with Crippen LogP contribution in [-0.4, -0.2) is 27.9 Å². The first-order chi connectivity index (χ1) is 16.6. The number of esters is 1. The second-order valence-corrected chi connectivity index (χ2v) is 8.00. The maximum absolute atomic E-state index is 13.3. The molecule has 0 N–H and O–H groups in total. The molecule has 1 heterocycles. The standard InChI is InChI=1S/C29H26N2O3/c1-22(34-27(32)18-17-26-15-8-14-25-16-9-19-30-28(25)26)29(33)31(20-23-10-4-2-5-11-23)21-24-12-6-3-7-13-24/h2-19,22H,20-21H2,1H3/b18-17-/t22-/m1/s1. The lowest BCUT2D eigenvalue weighted by Crippen LogP contribution is -2.39. The molecule has 4 rings (SSSR count). The van der Waals surface area contributed by atoms with Crippen LogP contribution in [0.4, 0.5) is 0 Å². The molecule has 0 unspecified atom stereocenters. The number of hydrogen-bond acceptors (Lipinski definition) is 4. The predicted molar refractivity (Wildman–Crippen MR) is 133 cm³/mol. The highest BCUT2D eigenvalue weighted by Crippen LogP contribution is 2.17. The minimum atomic E-state index is -0.921. The van der Waals surface area contributed by atoms with E-state index in [2.05, 4.69) is 4.98 Å². The van der Waals surface area contributed by atoms with Crippen molar-refractivity contribution in [2.45, 2.75) is 26.1 Å². The third kappa shape index (κ3) is 5.95. The summed E-state index contributed by atoms with van der Waals surface area (Å²) >= 11 is 0. The maximum atomic E-state index is 13.3. The summed E-state index contributed by atoms with van der Waals surface area (Å²) in [7, 11) is 0. The number of carbonyl (C=O) groups excluding carboxylic acids is 2. The van der Waals surface area contributed by atoms with Crippen LogP contribution in [0.1, 0.15) is 23.6 Å². The minimum Gasteiger partial charge on any atom is -0.449 e. The number of benzene rings is 3. The van der Waals surface area contributed by atoms with Crippen molar-refractivity contribution in [3.8, 4) is 0 Å². The van der Waals surface area contributed by atoms with Crippen molar-refractivity contribution in [2.75, 3.05) is 0 Å². The van der Waals surface area contributed by atoms with Crippen LogP contribution in [0.5, 0.6) is 0 Å². The van der Waals surface area contributed by atoms with E-state index in [-0.39, 0.29) is 5.91 Å². The number of fused-ring (bicyclic) bond motifs is 1. The Kier molecular flexibility index (Phi) is 7.45. The molecule has 0 spiro atoms. The van der Waals surface area contributed by atoms with Crippen molar-refractivity contribution in [1.29, 1.82) is 0 Å². The van der Waals surface area contributed by atoms with Crippen LogP contribution >= 0.6 is 0 Å². The quantitative estimate of drug-likeness (QED) is 0.266. The monoisotopic (exact) mass is 450 g/mol. The molecule has 0 aliphatic carbocycles. The summed E-state index contributed by atoms with van der Waals surface area (Å²) in [5, 5.41) is 0.985. The lowest BCUT2D eigenvalue weighted by atomic mass is 10.1. The molecule has 34 heavy (non-hydrogen) atoms.